The molecule has 4 nitrogen and oxygen atoms in total. The van der Waals surface area contributed by atoms with E-state index in [1.165, 1.54) is 22.3 Å². The van der Waals surface area contributed by atoms with Gasteiger partial charge in [0.25, 0.3) is 0 Å². The van der Waals surface area contributed by atoms with E-state index in [2.05, 4.69) is 58.4 Å². The molecule has 124 valence electrons. The first-order valence-corrected chi connectivity index (χ1v) is 8.89. The standard InChI is InChI=1S/C20H24N4/c1-3-14-10-18-20(22-11-14)24-19(23-18)9-13(2)16-6-4-5-15-7-8-21-12-17(15)16/h4-6,10-11,13,21H,3,7-9,12H2,1-2H3,(H,22,23,24). The smallest absolute Gasteiger partial charge is 0.177 e. The van der Waals surface area contributed by atoms with Crippen molar-refractivity contribution in [1.82, 2.24) is 20.3 Å². The van der Waals surface area contributed by atoms with Gasteiger partial charge in [-0.3, -0.25) is 0 Å². The highest BCUT2D eigenvalue weighted by molar-refractivity contribution is 5.71. The van der Waals surface area contributed by atoms with Crippen molar-refractivity contribution in [2.75, 3.05) is 6.54 Å². The number of aryl methyl sites for hydroxylation is 1. The number of rotatable bonds is 4. The van der Waals surface area contributed by atoms with Gasteiger partial charge >= 0.3 is 0 Å². The van der Waals surface area contributed by atoms with E-state index < -0.39 is 0 Å². The summed E-state index contributed by atoms with van der Waals surface area (Å²) in [5, 5.41) is 3.50. The zero-order valence-corrected chi connectivity index (χ0v) is 14.4. The van der Waals surface area contributed by atoms with E-state index in [0.717, 1.165) is 49.3 Å². The average Bonchev–Trinajstić information content (AvgIpc) is 3.02. The van der Waals surface area contributed by atoms with Crippen LogP contribution in [0.1, 0.15) is 47.8 Å². The van der Waals surface area contributed by atoms with E-state index >= 15 is 0 Å². The van der Waals surface area contributed by atoms with Gasteiger partial charge in [0.2, 0.25) is 0 Å². The number of hydrogen-bond acceptors (Lipinski definition) is 3. The SMILES string of the molecule is CCc1cnc2nc(CC(C)c3cccc4c3CNCC4)[nH]c2c1. The summed E-state index contributed by atoms with van der Waals surface area (Å²) >= 11 is 0. The molecular weight excluding hydrogens is 296 g/mol. The molecule has 1 aliphatic heterocycles. The van der Waals surface area contributed by atoms with Crippen molar-refractivity contribution in [2.45, 2.75) is 45.6 Å². The lowest BCUT2D eigenvalue weighted by atomic mass is 9.88. The van der Waals surface area contributed by atoms with Crippen molar-refractivity contribution in [1.29, 1.82) is 0 Å². The highest BCUT2D eigenvalue weighted by atomic mass is 15.0. The summed E-state index contributed by atoms with van der Waals surface area (Å²) in [6.07, 6.45) is 4.96. The van der Waals surface area contributed by atoms with Crippen molar-refractivity contribution >= 4 is 11.2 Å². The van der Waals surface area contributed by atoms with Gasteiger partial charge < -0.3 is 10.3 Å². The Kier molecular flexibility index (Phi) is 4.07. The Morgan fingerprint density at radius 2 is 2.21 bits per heavy atom. The van der Waals surface area contributed by atoms with Gasteiger partial charge in [-0.25, -0.2) is 9.97 Å². The first kappa shape index (κ1) is 15.3. The van der Waals surface area contributed by atoms with Crippen LogP contribution in [0.25, 0.3) is 11.2 Å². The third kappa shape index (κ3) is 2.82. The molecule has 24 heavy (non-hydrogen) atoms. The number of H-pyrrole nitrogens is 1. The van der Waals surface area contributed by atoms with Crippen molar-refractivity contribution in [3.05, 3.63) is 58.5 Å². The van der Waals surface area contributed by atoms with E-state index in [-0.39, 0.29) is 0 Å². The summed E-state index contributed by atoms with van der Waals surface area (Å²) in [5.74, 6) is 1.46. The summed E-state index contributed by atoms with van der Waals surface area (Å²) in [6.45, 7) is 6.51. The van der Waals surface area contributed by atoms with Crippen molar-refractivity contribution in [2.24, 2.45) is 0 Å². The Hall–Kier alpha value is -2.20. The molecule has 0 saturated heterocycles. The molecule has 0 fully saturated rings. The van der Waals surface area contributed by atoms with Crippen LogP contribution in [0.4, 0.5) is 0 Å². The summed E-state index contributed by atoms with van der Waals surface area (Å²) < 4.78 is 0. The highest BCUT2D eigenvalue weighted by Gasteiger charge is 2.18. The Morgan fingerprint density at radius 3 is 3.08 bits per heavy atom. The summed E-state index contributed by atoms with van der Waals surface area (Å²) in [4.78, 5) is 12.6. The van der Waals surface area contributed by atoms with Gasteiger partial charge in [-0.15, -0.1) is 0 Å². The van der Waals surface area contributed by atoms with Crippen molar-refractivity contribution < 1.29 is 0 Å². The predicted octanol–water partition coefficient (Wildman–Crippen LogP) is 3.51. The fourth-order valence-corrected chi connectivity index (χ4v) is 3.69. The number of aromatic amines is 1. The third-order valence-corrected chi connectivity index (χ3v) is 5.06. The molecule has 0 radical (unpaired) electrons. The van der Waals surface area contributed by atoms with Gasteiger partial charge in [0.1, 0.15) is 5.82 Å². The van der Waals surface area contributed by atoms with E-state index in [9.17, 15) is 0 Å². The molecule has 0 bridgehead atoms. The molecule has 3 heterocycles. The number of nitrogens with zero attached hydrogens (tertiary/aromatic N) is 2. The second-order valence-corrected chi connectivity index (χ2v) is 6.77. The van der Waals surface area contributed by atoms with Crippen LogP contribution < -0.4 is 5.32 Å². The van der Waals surface area contributed by atoms with Gasteiger partial charge in [-0.2, -0.15) is 0 Å². The number of pyridine rings is 1. The predicted molar refractivity (Wildman–Crippen MR) is 97.2 cm³/mol. The summed E-state index contributed by atoms with van der Waals surface area (Å²) in [5.41, 5.74) is 7.55. The molecule has 1 atom stereocenters. The average molecular weight is 320 g/mol. The Labute approximate surface area is 142 Å². The fraction of sp³-hybridized carbons (Fsp3) is 0.400. The first-order valence-electron chi connectivity index (χ1n) is 8.89. The number of nitrogens with one attached hydrogen (secondary N) is 2. The van der Waals surface area contributed by atoms with E-state index in [0.29, 0.717) is 5.92 Å². The molecule has 0 amide bonds. The first-order chi connectivity index (χ1) is 11.7. The molecule has 0 aliphatic carbocycles. The Morgan fingerprint density at radius 1 is 1.29 bits per heavy atom. The van der Waals surface area contributed by atoms with Crippen LogP contribution in [-0.2, 0) is 25.8 Å². The minimum Gasteiger partial charge on any atom is -0.341 e. The van der Waals surface area contributed by atoms with E-state index in [1.54, 1.807) is 0 Å². The minimum atomic E-state index is 0.436. The van der Waals surface area contributed by atoms with Crippen LogP contribution >= 0.6 is 0 Å². The Bertz CT molecular complexity index is 865. The second-order valence-electron chi connectivity index (χ2n) is 6.77. The van der Waals surface area contributed by atoms with Crippen LogP contribution in [-0.4, -0.2) is 21.5 Å². The van der Waals surface area contributed by atoms with Crippen LogP contribution in [0, 0.1) is 0 Å². The lowest BCUT2D eigenvalue weighted by Crippen LogP contribution is -2.25. The second kappa shape index (κ2) is 6.36. The van der Waals surface area contributed by atoms with Crippen LogP contribution in [0.15, 0.2) is 30.5 Å². The minimum absolute atomic E-state index is 0.436. The molecular formula is C20H24N4. The quantitative estimate of drug-likeness (QED) is 0.773. The van der Waals surface area contributed by atoms with Gasteiger partial charge in [-0.1, -0.05) is 32.0 Å². The van der Waals surface area contributed by atoms with Crippen LogP contribution in [0.3, 0.4) is 0 Å². The lowest BCUT2D eigenvalue weighted by Gasteiger charge is -2.23. The molecule has 4 heteroatoms. The van der Waals surface area contributed by atoms with Crippen molar-refractivity contribution in [3.8, 4) is 0 Å². The van der Waals surface area contributed by atoms with Gasteiger partial charge in [0, 0.05) is 19.2 Å². The summed E-state index contributed by atoms with van der Waals surface area (Å²) in [6, 6.07) is 8.90. The van der Waals surface area contributed by atoms with Gasteiger partial charge in [0.05, 0.1) is 5.52 Å². The maximum Gasteiger partial charge on any atom is 0.177 e. The Balaban J connectivity index is 1.61. The zero-order chi connectivity index (χ0) is 16.5. The molecule has 2 N–H and O–H groups in total. The molecule has 1 unspecified atom stereocenters. The number of fused-ring (bicyclic) bond motifs is 2. The maximum atomic E-state index is 4.68. The number of benzene rings is 1. The summed E-state index contributed by atoms with van der Waals surface area (Å²) in [7, 11) is 0. The highest BCUT2D eigenvalue weighted by Crippen LogP contribution is 2.27. The molecule has 0 saturated carbocycles. The number of hydrogen-bond donors (Lipinski definition) is 2. The fourth-order valence-electron chi connectivity index (χ4n) is 3.69. The number of aromatic nitrogens is 3. The topological polar surface area (TPSA) is 53.6 Å². The molecule has 1 aromatic carbocycles. The maximum absolute atomic E-state index is 4.68. The van der Waals surface area contributed by atoms with E-state index in [1.807, 2.05) is 6.20 Å². The number of imidazole rings is 1. The van der Waals surface area contributed by atoms with Crippen LogP contribution in [0.2, 0.25) is 0 Å². The lowest BCUT2D eigenvalue weighted by molar-refractivity contribution is 0.622. The monoisotopic (exact) mass is 320 g/mol. The van der Waals surface area contributed by atoms with Gasteiger partial charge in [-0.05, 0) is 53.6 Å². The van der Waals surface area contributed by atoms with Gasteiger partial charge in [0.15, 0.2) is 5.65 Å². The molecule has 2 aromatic heterocycles. The largest absolute Gasteiger partial charge is 0.341 e. The van der Waals surface area contributed by atoms with Crippen LogP contribution in [0.5, 0.6) is 0 Å². The normalized spacial score (nSPS) is 15.4. The van der Waals surface area contributed by atoms with E-state index in [4.69, 9.17) is 0 Å². The zero-order valence-electron chi connectivity index (χ0n) is 14.4. The molecule has 0 spiro atoms. The van der Waals surface area contributed by atoms with Crippen molar-refractivity contribution in [3.63, 3.8) is 0 Å². The third-order valence-electron chi connectivity index (χ3n) is 5.06. The molecule has 3 aromatic rings. The molecule has 4 rings (SSSR count). The molecule has 1 aliphatic rings.